The lowest BCUT2D eigenvalue weighted by Gasteiger charge is -2.31. The van der Waals surface area contributed by atoms with E-state index in [2.05, 4.69) is 41.5 Å². The van der Waals surface area contributed by atoms with Gasteiger partial charge in [-0.05, 0) is 38.5 Å². The van der Waals surface area contributed by atoms with Gasteiger partial charge in [0.05, 0.1) is 6.61 Å². The van der Waals surface area contributed by atoms with Crippen LogP contribution in [0.2, 0.25) is 0 Å². The van der Waals surface area contributed by atoms with Gasteiger partial charge in [-0.3, -0.25) is 24.0 Å². The molecule has 0 aliphatic heterocycles. The lowest BCUT2D eigenvalue weighted by atomic mass is 9.92. The van der Waals surface area contributed by atoms with Gasteiger partial charge in [0, 0.05) is 32.1 Å². The Morgan fingerprint density at radius 3 is 0.350 bits per heavy atom. The number of hydrogen-bond acceptors (Lipinski definition) is 10. The summed E-state index contributed by atoms with van der Waals surface area (Å²) in [6.07, 6.45) is 119. The van der Waals surface area contributed by atoms with Crippen molar-refractivity contribution in [3.63, 3.8) is 0 Å². The number of carbonyl (C=O) groups excluding carboxylic acids is 5. The molecule has 732 valence electrons. The number of ether oxygens (including phenoxy) is 5. The second kappa shape index (κ2) is 108. The van der Waals surface area contributed by atoms with Crippen molar-refractivity contribution in [3.8, 4) is 0 Å². The summed E-state index contributed by atoms with van der Waals surface area (Å²) < 4.78 is 29.4. The molecule has 0 N–H and O–H groups in total. The lowest BCUT2D eigenvalue weighted by Crippen LogP contribution is -2.44. The van der Waals surface area contributed by atoms with Crippen LogP contribution in [0.4, 0.5) is 0 Å². The molecule has 0 aliphatic rings. The Morgan fingerprint density at radius 1 is 0.130 bits per heavy atom. The van der Waals surface area contributed by atoms with Crippen molar-refractivity contribution in [1.29, 1.82) is 0 Å². The Balaban J connectivity index is 0. The molecule has 0 aromatic carbocycles. The van der Waals surface area contributed by atoms with Crippen molar-refractivity contribution in [2.24, 2.45) is 5.41 Å². The highest BCUT2D eigenvalue weighted by atomic mass is 16.6. The summed E-state index contributed by atoms with van der Waals surface area (Å²) in [7, 11) is 0. The minimum atomic E-state index is -1.20. The van der Waals surface area contributed by atoms with E-state index in [1.165, 1.54) is 494 Å². The Morgan fingerprint density at radius 2 is 0.228 bits per heavy atom. The van der Waals surface area contributed by atoms with E-state index >= 15 is 0 Å². The first-order chi connectivity index (χ1) is 60.6. The maximum atomic E-state index is 13.4. The van der Waals surface area contributed by atoms with Gasteiger partial charge in [-0.1, -0.05) is 587 Å². The Hall–Kier alpha value is -2.65. The Kier molecular flexibility index (Phi) is 108. The van der Waals surface area contributed by atoms with Crippen LogP contribution in [0.15, 0.2) is 0 Å². The zero-order valence-electron chi connectivity index (χ0n) is 84.5. The van der Waals surface area contributed by atoms with Crippen molar-refractivity contribution in [1.82, 2.24) is 0 Å². The number of hydrogen-bond donors (Lipinski definition) is 0. The Labute approximate surface area is 769 Å². The topological polar surface area (TPSA) is 132 Å². The van der Waals surface area contributed by atoms with Crippen LogP contribution in [0.1, 0.15) is 658 Å². The maximum absolute atomic E-state index is 13.4. The van der Waals surface area contributed by atoms with Gasteiger partial charge in [0.15, 0.2) is 0 Å². The van der Waals surface area contributed by atoms with Gasteiger partial charge in [-0.2, -0.15) is 0 Å². The van der Waals surface area contributed by atoms with Crippen LogP contribution in [-0.2, 0) is 47.7 Å². The fourth-order valence-electron chi connectivity index (χ4n) is 17.6. The highest BCUT2D eigenvalue weighted by Crippen LogP contribution is 2.27. The van der Waals surface area contributed by atoms with Crippen LogP contribution in [0, 0.1) is 5.41 Å². The van der Waals surface area contributed by atoms with Crippen molar-refractivity contribution < 1.29 is 47.7 Å². The smallest absolute Gasteiger partial charge is 0.305 e. The normalized spacial score (nSPS) is 11.5. The van der Waals surface area contributed by atoms with Gasteiger partial charge in [0.1, 0.15) is 31.8 Å². The van der Waals surface area contributed by atoms with Crippen molar-refractivity contribution in [2.75, 3.05) is 33.0 Å². The van der Waals surface area contributed by atoms with E-state index in [4.69, 9.17) is 23.7 Å². The second-order valence-electron chi connectivity index (χ2n) is 39.2. The third-order valence-corrected chi connectivity index (χ3v) is 26.3. The van der Waals surface area contributed by atoms with Gasteiger partial charge in [0.25, 0.3) is 0 Å². The molecular formula is C113H220O10. The SMILES string of the molecule is CCCCCCCCCCCCCCCCCC(=O)OCC(COC(=O)CCCCCCCCCCCCCCCCC)(COC(=O)CCCCCCCCCCCCCCCCC)COC(=O)CCCCCCCCCCCCCCCCC.CCCCCCCCCCCCCCCCCCOC(=O)CCCCCCCCCCCCCCCCC. The number of esters is 5. The maximum Gasteiger partial charge on any atom is 0.305 e. The second-order valence-corrected chi connectivity index (χ2v) is 39.2. The van der Waals surface area contributed by atoms with Crippen LogP contribution >= 0.6 is 0 Å². The van der Waals surface area contributed by atoms with Gasteiger partial charge in [-0.15, -0.1) is 0 Å². The van der Waals surface area contributed by atoms with Crippen LogP contribution in [0.3, 0.4) is 0 Å². The highest BCUT2D eigenvalue weighted by Gasteiger charge is 2.38. The van der Waals surface area contributed by atoms with Crippen LogP contribution in [0.5, 0.6) is 0 Å². The summed E-state index contributed by atoms with van der Waals surface area (Å²) in [5.41, 5.74) is -1.20. The van der Waals surface area contributed by atoms with Gasteiger partial charge >= 0.3 is 29.8 Å². The monoisotopic (exact) mass is 1740 g/mol. The largest absolute Gasteiger partial charge is 0.466 e. The fraction of sp³-hybridized carbons (Fsp3) is 0.956. The van der Waals surface area contributed by atoms with Crippen molar-refractivity contribution in [3.05, 3.63) is 0 Å². The standard InChI is InChI=1S/C77H148O8.C36H72O2/c1-5-9-13-17-21-25-29-33-37-41-45-49-53-57-61-65-73(78)82-69-77(70-83-74(79)66-62-58-54-50-46-42-38-34-30-26-22-18-14-10-6-2,71-84-75(80)67-63-59-55-51-47-43-39-35-31-27-23-19-15-11-7-3)72-85-76(81)68-64-60-56-52-48-44-40-36-32-28-24-20-16-12-8-4;1-3-5-7-9-11-13-15-17-19-21-23-25-27-29-31-33-35-38-36(37)34-32-30-28-26-24-22-20-18-16-14-12-10-8-6-4-2/h5-72H2,1-4H3;3-35H2,1-2H3. The zero-order chi connectivity index (χ0) is 89.3. The summed E-state index contributed by atoms with van der Waals surface area (Å²) in [5.74, 6) is -1.26. The first-order valence-corrected chi connectivity index (χ1v) is 56.4. The van der Waals surface area contributed by atoms with Gasteiger partial charge in [0.2, 0.25) is 0 Å². The van der Waals surface area contributed by atoms with Gasteiger partial charge < -0.3 is 23.7 Å². The first kappa shape index (κ1) is 122. The Bertz CT molecular complexity index is 1850. The molecule has 0 bridgehead atoms. The molecule has 0 saturated heterocycles. The molecule has 0 amide bonds. The molecule has 0 atom stereocenters. The molecule has 0 radical (unpaired) electrons. The van der Waals surface area contributed by atoms with E-state index in [0.717, 1.165) is 89.9 Å². The molecule has 0 heterocycles. The molecule has 10 nitrogen and oxygen atoms in total. The van der Waals surface area contributed by atoms with E-state index in [1.807, 2.05) is 0 Å². The fourth-order valence-corrected chi connectivity index (χ4v) is 17.6. The van der Waals surface area contributed by atoms with E-state index in [-0.39, 0.29) is 56.3 Å². The molecule has 0 rings (SSSR count). The number of unbranched alkanes of at least 4 members (excludes halogenated alkanes) is 85. The van der Waals surface area contributed by atoms with E-state index in [0.29, 0.717) is 38.7 Å². The highest BCUT2D eigenvalue weighted by molar-refractivity contribution is 5.71. The molecule has 0 aromatic heterocycles. The molecular weight excluding hydrogens is 1520 g/mol. The summed E-state index contributed by atoms with van der Waals surface area (Å²) in [5, 5.41) is 0. The third kappa shape index (κ3) is 105. The molecule has 0 aromatic rings. The summed E-state index contributed by atoms with van der Waals surface area (Å²) >= 11 is 0. The molecule has 10 heteroatoms. The molecule has 123 heavy (non-hydrogen) atoms. The molecule has 0 unspecified atom stereocenters. The minimum Gasteiger partial charge on any atom is -0.466 e. The average Bonchev–Trinajstić information content (AvgIpc) is 0.852. The number of rotatable bonds is 105. The van der Waals surface area contributed by atoms with E-state index in [9.17, 15) is 24.0 Å². The van der Waals surface area contributed by atoms with E-state index < -0.39 is 5.41 Å². The van der Waals surface area contributed by atoms with Crippen LogP contribution in [0.25, 0.3) is 0 Å². The van der Waals surface area contributed by atoms with Gasteiger partial charge in [-0.25, -0.2) is 0 Å². The first-order valence-electron chi connectivity index (χ1n) is 56.4. The average molecular weight is 1740 g/mol. The van der Waals surface area contributed by atoms with Crippen molar-refractivity contribution in [2.45, 2.75) is 658 Å². The molecule has 0 aliphatic carbocycles. The quantitative estimate of drug-likeness (QED) is 0.0329. The summed E-state index contributed by atoms with van der Waals surface area (Å²) in [4.78, 5) is 65.5. The predicted octanol–water partition coefficient (Wildman–Crippen LogP) is 38.2. The minimum absolute atomic E-state index is 0.0284. The molecule has 0 spiro atoms. The molecule has 0 fully saturated rings. The summed E-state index contributed by atoms with van der Waals surface area (Å²) in [6, 6.07) is 0. The third-order valence-electron chi connectivity index (χ3n) is 26.3. The van der Waals surface area contributed by atoms with Crippen LogP contribution < -0.4 is 0 Å². The van der Waals surface area contributed by atoms with E-state index in [1.54, 1.807) is 0 Å². The van der Waals surface area contributed by atoms with Crippen molar-refractivity contribution >= 4 is 29.8 Å². The lowest BCUT2D eigenvalue weighted by molar-refractivity contribution is -0.171. The predicted molar refractivity (Wildman–Crippen MR) is 535 cm³/mol. The molecule has 0 saturated carbocycles. The van der Waals surface area contributed by atoms with Crippen LogP contribution in [-0.4, -0.2) is 62.9 Å². The zero-order valence-corrected chi connectivity index (χ0v) is 84.5. The summed E-state index contributed by atoms with van der Waals surface area (Å²) in [6.45, 7) is 13.7. The number of carbonyl (C=O) groups is 5.